The number of pyridine rings is 1. The van der Waals surface area contributed by atoms with Crippen LogP contribution in [0.3, 0.4) is 0 Å². The van der Waals surface area contributed by atoms with Crippen LogP contribution in [-0.2, 0) is 21.0 Å². The maximum absolute atomic E-state index is 12.8. The third kappa shape index (κ3) is 4.67. The molecule has 0 aromatic carbocycles. The van der Waals surface area contributed by atoms with Crippen LogP contribution in [0.25, 0.3) is 0 Å². The zero-order valence-electron chi connectivity index (χ0n) is 11.6. The Morgan fingerprint density at radius 1 is 1.45 bits per heavy atom. The number of aliphatic carboxylic acids is 1. The van der Waals surface area contributed by atoms with Crippen molar-refractivity contribution in [2.75, 3.05) is 0 Å². The first kappa shape index (κ1) is 18.4. The number of carboxylic acid groups (broad SMARTS) is 1. The smallest absolute Gasteiger partial charge is 0.434 e. The number of halogens is 3. The number of nitrogens with one attached hydrogen (secondary N) is 1. The minimum absolute atomic E-state index is 0.0212. The summed E-state index contributed by atoms with van der Waals surface area (Å²) in [5.41, 5.74) is -1.58. The van der Waals surface area contributed by atoms with Crippen molar-refractivity contribution in [2.24, 2.45) is 0 Å². The van der Waals surface area contributed by atoms with Crippen LogP contribution in [0.4, 0.5) is 13.2 Å². The van der Waals surface area contributed by atoms with Gasteiger partial charge in [-0.05, 0) is 18.6 Å². The van der Waals surface area contributed by atoms with Gasteiger partial charge >= 0.3 is 12.1 Å². The van der Waals surface area contributed by atoms with Crippen molar-refractivity contribution in [3.05, 3.63) is 24.0 Å². The van der Waals surface area contributed by atoms with E-state index in [-0.39, 0.29) is 6.42 Å². The first-order valence-electron chi connectivity index (χ1n) is 6.37. The number of aromatic nitrogens is 1. The number of alkyl halides is 3. The number of rotatable bonds is 7. The molecule has 1 aromatic heterocycles. The molecule has 0 saturated heterocycles. The molecule has 0 unspecified atom stereocenters. The van der Waals surface area contributed by atoms with Crippen molar-refractivity contribution >= 4 is 16.0 Å². The van der Waals surface area contributed by atoms with Gasteiger partial charge in [0.05, 0.1) is 0 Å². The summed E-state index contributed by atoms with van der Waals surface area (Å²) in [7, 11) is -4.66. The highest BCUT2D eigenvalue weighted by Gasteiger charge is 2.39. The highest BCUT2D eigenvalue weighted by atomic mass is 32.2. The molecule has 0 fully saturated rings. The second-order valence-electron chi connectivity index (χ2n) is 4.50. The SMILES string of the molecule is CCCC[C@H](NS(=O)(=O)c1cccnc1C(F)(F)F)C(=O)O. The Balaban J connectivity index is 3.17. The number of nitrogens with zero attached hydrogens (tertiary/aromatic N) is 1. The number of carboxylic acids is 1. The Morgan fingerprint density at radius 2 is 2.09 bits per heavy atom. The van der Waals surface area contributed by atoms with E-state index in [9.17, 15) is 26.4 Å². The second kappa shape index (κ2) is 7.05. The average Bonchev–Trinajstić information content (AvgIpc) is 2.42. The average molecular weight is 340 g/mol. The Bertz CT molecular complexity index is 632. The van der Waals surface area contributed by atoms with Crippen LogP contribution < -0.4 is 4.72 Å². The summed E-state index contributed by atoms with van der Waals surface area (Å²) >= 11 is 0. The normalized spacial score (nSPS) is 13.8. The van der Waals surface area contributed by atoms with E-state index in [1.54, 1.807) is 11.6 Å². The van der Waals surface area contributed by atoms with Crippen LogP contribution in [0, 0.1) is 0 Å². The highest BCUT2D eigenvalue weighted by molar-refractivity contribution is 7.89. The van der Waals surface area contributed by atoms with Gasteiger partial charge in [-0.2, -0.15) is 17.9 Å². The van der Waals surface area contributed by atoms with Crippen molar-refractivity contribution < 1.29 is 31.5 Å². The fraction of sp³-hybridized carbons (Fsp3) is 0.500. The van der Waals surface area contributed by atoms with Gasteiger partial charge in [0.15, 0.2) is 5.69 Å². The number of sulfonamides is 1. The molecule has 22 heavy (non-hydrogen) atoms. The Morgan fingerprint density at radius 3 is 2.59 bits per heavy atom. The third-order valence-electron chi connectivity index (χ3n) is 2.77. The monoisotopic (exact) mass is 340 g/mol. The molecule has 124 valence electrons. The van der Waals surface area contributed by atoms with Crippen molar-refractivity contribution in [3.8, 4) is 0 Å². The van der Waals surface area contributed by atoms with Crippen molar-refractivity contribution in [2.45, 2.75) is 43.3 Å². The van der Waals surface area contributed by atoms with Crippen LogP contribution in [0.15, 0.2) is 23.2 Å². The standard InChI is InChI=1S/C12H15F3N2O4S/c1-2-3-5-8(11(18)19)17-22(20,21)9-6-4-7-16-10(9)12(13,14)15/h4,6-8,17H,2-3,5H2,1H3,(H,18,19)/t8-/m0/s1. The van der Waals surface area contributed by atoms with Gasteiger partial charge in [-0.25, -0.2) is 8.42 Å². The number of hydrogen-bond donors (Lipinski definition) is 2. The lowest BCUT2D eigenvalue weighted by molar-refractivity contribution is -0.143. The van der Waals surface area contributed by atoms with Crippen LogP contribution >= 0.6 is 0 Å². The van der Waals surface area contributed by atoms with Crippen LogP contribution in [0.1, 0.15) is 31.9 Å². The maximum Gasteiger partial charge on any atom is 0.434 e. The van der Waals surface area contributed by atoms with E-state index in [2.05, 4.69) is 4.98 Å². The minimum Gasteiger partial charge on any atom is -0.480 e. The van der Waals surface area contributed by atoms with Crippen LogP contribution in [0.5, 0.6) is 0 Å². The number of hydrogen-bond acceptors (Lipinski definition) is 4. The highest BCUT2D eigenvalue weighted by Crippen LogP contribution is 2.32. The van der Waals surface area contributed by atoms with Crippen LogP contribution in [-0.4, -0.2) is 30.5 Å². The van der Waals surface area contributed by atoms with E-state index in [1.165, 1.54) is 0 Å². The predicted octanol–water partition coefficient (Wildman–Crippen LogP) is 2.02. The molecular formula is C12H15F3N2O4S. The molecule has 6 nitrogen and oxygen atoms in total. The molecule has 1 heterocycles. The summed E-state index contributed by atoms with van der Waals surface area (Å²) in [5, 5.41) is 8.97. The molecule has 0 aliphatic rings. The topological polar surface area (TPSA) is 96.4 Å². The molecule has 1 atom stereocenters. The van der Waals surface area contributed by atoms with Crippen molar-refractivity contribution in [3.63, 3.8) is 0 Å². The van der Waals surface area contributed by atoms with Gasteiger partial charge < -0.3 is 5.11 Å². The van der Waals surface area contributed by atoms with Gasteiger partial charge in [0.25, 0.3) is 0 Å². The zero-order valence-corrected chi connectivity index (χ0v) is 12.4. The van der Waals surface area contributed by atoms with E-state index >= 15 is 0 Å². The maximum atomic E-state index is 12.8. The fourth-order valence-electron chi connectivity index (χ4n) is 1.71. The van der Waals surface area contributed by atoms with Gasteiger partial charge in [0.1, 0.15) is 10.9 Å². The lowest BCUT2D eigenvalue weighted by Gasteiger charge is -2.16. The molecular weight excluding hydrogens is 325 g/mol. The van der Waals surface area contributed by atoms with Gasteiger partial charge in [0, 0.05) is 6.20 Å². The first-order chi connectivity index (χ1) is 10.1. The summed E-state index contributed by atoms with van der Waals surface area (Å²) in [6.45, 7) is 1.77. The molecule has 10 heteroatoms. The van der Waals surface area contributed by atoms with E-state index in [4.69, 9.17) is 5.11 Å². The Hall–Kier alpha value is -1.68. The fourth-order valence-corrected chi connectivity index (χ4v) is 3.11. The molecule has 0 radical (unpaired) electrons. The Kier molecular flexibility index (Phi) is 5.89. The molecule has 0 aliphatic carbocycles. The van der Waals surface area contributed by atoms with E-state index in [0.29, 0.717) is 12.8 Å². The number of unbranched alkanes of at least 4 members (excludes halogenated alkanes) is 1. The van der Waals surface area contributed by atoms with Gasteiger partial charge in [0.2, 0.25) is 10.0 Å². The van der Waals surface area contributed by atoms with Gasteiger partial charge in [-0.1, -0.05) is 19.8 Å². The molecule has 1 rings (SSSR count). The lowest BCUT2D eigenvalue weighted by atomic mass is 10.1. The lowest BCUT2D eigenvalue weighted by Crippen LogP contribution is -2.41. The molecule has 0 saturated carbocycles. The van der Waals surface area contributed by atoms with E-state index in [0.717, 1.165) is 18.3 Å². The summed E-state index contributed by atoms with van der Waals surface area (Å²) in [6.07, 6.45) is -3.14. The van der Waals surface area contributed by atoms with Crippen LogP contribution in [0.2, 0.25) is 0 Å². The Labute approximate surface area is 125 Å². The quantitative estimate of drug-likeness (QED) is 0.792. The molecule has 0 spiro atoms. The predicted molar refractivity (Wildman–Crippen MR) is 70.5 cm³/mol. The largest absolute Gasteiger partial charge is 0.480 e. The van der Waals surface area contributed by atoms with Gasteiger partial charge in [-0.3, -0.25) is 9.78 Å². The van der Waals surface area contributed by atoms with E-state index in [1.807, 2.05) is 0 Å². The zero-order chi connectivity index (χ0) is 17.0. The minimum atomic E-state index is -4.96. The summed E-state index contributed by atoms with van der Waals surface area (Å²) < 4.78 is 64.3. The van der Waals surface area contributed by atoms with Crippen molar-refractivity contribution in [1.29, 1.82) is 0 Å². The first-order valence-corrected chi connectivity index (χ1v) is 7.85. The molecule has 0 aliphatic heterocycles. The molecule has 0 amide bonds. The third-order valence-corrected chi connectivity index (χ3v) is 4.27. The number of carbonyl (C=O) groups is 1. The molecule has 0 bridgehead atoms. The second-order valence-corrected chi connectivity index (χ2v) is 6.18. The van der Waals surface area contributed by atoms with Gasteiger partial charge in [-0.15, -0.1) is 0 Å². The van der Waals surface area contributed by atoms with E-state index < -0.39 is 38.8 Å². The summed E-state index contributed by atoms with van der Waals surface area (Å²) in [4.78, 5) is 13.0. The summed E-state index contributed by atoms with van der Waals surface area (Å²) in [5.74, 6) is -1.45. The summed E-state index contributed by atoms with van der Waals surface area (Å²) in [6, 6.07) is 0.272. The van der Waals surface area contributed by atoms with Crippen molar-refractivity contribution in [1.82, 2.24) is 9.71 Å². The molecule has 2 N–H and O–H groups in total. The molecule has 1 aromatic rings.